The molecule has 0 N–H and O–H groups in total. The molecule has 0 aliphatic carbocycles. The monoisotopic (exact) mass is 417 g/mol. The number of hydrogen-bond donors (Lipinski definition) is 0. The van der Waals surface area contributed by atoms with Crippen molar-refractivity contribution in [2.45, 2.75) is 0 Å². The first-order valence-electron chi connectivity index (χ1n) is 9.11. The van der Waals surface area contributed by atoms with Gasteiger partial charge in [0.25, 0.3) is 11.2 Å². The minimum atomic E-state index is -0.799. The van der Waals surface area contributed by atoms with Gasteiger partial charge in [0.15, 0.2) is 5.69 Å². The van der Waals surface area contributed by atoms with Crippen molar-refractivity contribution in [3.05, 3.63) is 99.0 Å². The van der Waals surface area contributed by atoms with Gasteiger partial charge in [-0.2, -0.15) is 9.78 Å². The summed E-state index contributed by atoms with van der Waals surface area (Å²) in [6, 6.07) is 18.3. The molecule has 0 radical (unpaired) electrons. The fourth-order valence-corrected chi connectivity index (χ4v) is 3.03. The molecule has 31 heavy (non-hydrogen) atoms. The Labute approximate surface area is 175 Å². The van der Waals surface area contributed by atoms with Crippen LogP contribution in [-0.2, 0) is 0 Å². The van der Waals surface area contributed by atoms with Crippen molar-refractivity contribution in [2.75, 3.05) is 7.11 Å². The highest BCUT2D eigenvalue weighted by atomic mass is 16.6. The highest BCUT2D eigenvalue weighted by Gasteiger charge is 2.20. The first-order chi connectivity index (χ1) is 15.0. The Bertz CT molecular complexity index is 1340. The van der Waals surface area contributed by atoms with Gasteiger partial charge >= 0.3 is 5.97 Å². The van der Waals surface area contributed by atoms with Crippen LogP contribution in [0.4, 0.5) is 5.69 Å². The van der Waals surface area contributed by atoms with E-state index in [1.807, 2.05) is 0 Å². The van der Waals surface area contributed by atoms with E-state index in [0.29, 0.717) is 22.2 Å². The summed E-state index contributed by atoms with van der Waals surface area (Å²) in [5, 5.41) is 15.7. The van der Waals surface area contributed by atoms with Crippen molar-refractivity contribution >= 4 is 22.4 Å². The molecule has 0 saturated carbocycles. The van der Waals surface area contributed by atoms with Gasteiger partial charge in [-0.3, -0.25) is 14.9 Å². The Morgan fingerprint density at radius 2 is 1.55 bits per heavy atom. The van der Waals surface area contributed by atoms with Gasteiger partial charge in [0.2, 0.25) is 0 Å². The van der Waals surface area contributed by atoms with Crippen molar-refractivity contribution < 1.29 is 19.2 Å². The summed E-state index contributed by atoms with van der Waals surface area (Å²) in [6.07, 6.45) is 0. The Morgan fingerprint density at radius 3 is 2.16 bits per heavy atom. The number of carbonyl (C=O) groups excluding carboxylic acids is 1. The number of nitro groups is 1. The predicted octanol–water partition coefficient (Wildman–Crippen LogP) is 3.52. The van der Waals surface area contributed by atoms with Gasteiger partial charge in [-0.1, -0.05) is 18.2 Å². The van der Waals surface area contributed by atoms with Crippen molar-refractivity contribution in [3.8, 4) is 17.2 Å². The van der Waals surface area contributed by atoms with Crippen molar-refractivity contribution in [3.63, 3.8) is 0 Å². The fourth-order valence-electron chi connectivity index (χ4n) is 3.03. The van der Waals surface area contributed by atoms with Crippen LogP contribution in [0.2, 0.25) is 0 Å². The number of carbonyl (C=O) groups is 1. The average molecular weight is 417 g/mol. The van der Waals surface area contributed by atoms with Gasteiger partial charge in [0.1, 0.15) is 11.5 Å². The highest BCUT2D eigenvalue weighted by molar-refractivity contribution is 6.03. The molecule has 0 spiro atoms. The summed E-state index contributed by atoms with van der Waals surface area (Å²) in [7, 11) is 1.53. The van der Waals surface area contributed by atoms with Gasteiger partial charge in [-0.05, 0) is 42.5 Å². The molecular weight excluding hydrogens is 402 g/mol. The van der Waals surface area contributed by atoms with Crippen LogP contribution in [0.25, 0.3) is 16.5 Å². The molecule has 154 valence electrons. The van der Waals surface area contributed by atoms with E-state index in [2.05, 4.69) is 5.10 Å². The number of ether oxygens (including phenoxy) is 2. The molecule has 9 nitrogen and oxygen atoms in total. The number of fused-ring (bicyclic) bond motifs is 1. The Hall–Kier alpha value is -4.53. The van der Waals surface area contributed by atoms with Crippen LogP contribution in [0.3, 0.4) is 0 Å². The van der Waals surface area contributed by atoms with E-state index >= 15 is 0 Å². The lowest BCUT2D eigenvalue weighted by atomic mass is 10.1. The molecule has 1 aromatic heterocycles. The molecule has 0 saturated heterocycles. The number of benzene rings is 3. The van der Waals surface area contributed by atoms with E-state index in [1.165, 1.54) is 31.4 Å². The number of esters is 1. The van der Waals surface area contributed by atoms with E-state index in [4.69, 9.17) is 9.47 Å². The smallest absolute Gasteiger partial charge is 0.364 e. The van der Waals surface area contributed by atoms with Crippen molar-refractivity contribution in [2.24, 2.45) is 0 Å². The fraction of sp³-hybridized carbons (Fsp3) is 0.0455. The molecule has 1 heterocycles. The van der Waals surface area contributed by atoms with Gasteiger partial charge < -0.3 is 9.47 Å². The quantitative estimate of drug-likeness (QED) is 0.211. The van der Waals surface area contributed by atoms with Crippen LogP contribution in [0, 0.1) is 10.1 Å². The van der Waals surface area contributed by atoms with E-state index in [0.717, 1.165) is 4.68 Å². The number of nitro benzene ring substituents is 1. The lowest BCUT2D eigenvalue weighted by molar-refractivity contribution is -0.384. The Balaban J connectivity index is 1.78. The topological polar surface area (TPSA) is 114 Å². The molecule has 0 amide bonds. The van der Waals surface area contributed by atoms with E-state index < -0.39 is 16.5 Å². The molecule has 0 aliphatic heterocycles. The zero-order valence-corrected chi connectivity index (χ0v) is 16.2. The van der Waals surface area contributed by atoms with Gasteiger partial charge in [-0.25, -0.2) is 4.79 Å². The molecule has 9 heteroatoms. The third kappa shape index (κ3) is 3.84. The van der Waals surface area contributed by atoms with Gasteiger partial charge in [-0.15, -0.1) is 0 Å². The van der Waals surface area contributed by atoms with Crippen LogP contribution in [0.5, 0.6) is 11.5 Å². The standard InChI is InChI=1S/C22H15N3O6/c1-30-16-10-6-14(7-11-16)24-21(26)19-5-3-2-4-18(19)20(23-24)22(27)31-17-12-8-15(9-13-17)25(28)29/h2-13H,1H3. The molecule has 0 atom stereocenters. The summed E-state index contributed by atoms with van der Waals surface area (Å²) in [4.78, 5) is 36.1. The van der Waals surface area contributed by atoms with Crippen LogP contribution >= 0.6 is 0 Å². The summed E-state index contributed by atoms with van der Waals surface area (Å²) >= 11 is 0. The molecule has 0 fully saturated rings. The summed E-state index contributed by atoms with van der Waals surface area (Å²) in [5.41, 5.74) is -0.144. The van der Waals surface area contributed by atoms with Crippen LogP contribution in [0.1, 0.15) is 10.5 Å². The number of aromatic nitrogens is 2. The Morgan fingerprint density at radius 1 is 0.935 bits per heavy atom. The maximum Gasteiger partial charge on any atom is 0.364 e. The molecule has 0 aliphatic rings. The van der Waals surface area contributed by atoms with Crippen molar-refractivity contribution in [1.82, 2.24) is 9.78 Å². The maximum absolute atomic E-state index is 13.0. The molecular formula is C22H15N3O6. The zero-order chi connectivity index (χ0) is 22.0. The van der Waals surface area contributed by atoms with E-state index in [9.17, 15) is 19.7 Å². The van der Waals surface area contributed by atoms with Crippen LogP contribution in [0.15, 0.2) is 77.6 Å². The second-order valence-corrected chi connectivity index (χ2v) is 6.45. The number of rotatable bonds is 5. The molecule has 0 unspecified atom stereocenters. The zero-order valence-electron chi connectivity index (χ0n) is 16.2. The number of methoxy groups -OCH3 is 1. The normalized spacial score (nSPS) is 10.6. The number of non-ortho nitro benzene ring substituents is 1. The maximum atomic E-state index is 13.0. The van der Waals surface area contributed by atoms with E-state index in [1.54, 1.807) is 48.5 Å². The van der Waals surface area contributed by atoms with Crippen LogP contribution < -0.4 is 15.0 Å². The third-order valence-electron chi connectivity index (χ3n) is 4.57. The third-order valence-corrected chi connectivity index (χ3v) is 4.57. The highest BCUT2D eigenvalue weighted by Crippen LogP contribution is 2.21. The van der Waals surface area contributed by atoms with Crippen LogP contribution in [-0.4, -0.2) is 27.8 Å². The van der Waals surface area contributed by atoms with Gasteiger partial charge in [0.05, 0.1) is 23.1 Å². The largest absolute Gasteiger partial charge is 0.497 e. The second-order valence-electron chi connectivity index (χ2n) is 6.45. The minimum Gasteiger partial charge on any atom is -0.497 e. The lowest BCUT2D eigenvalue weighted by Gasteiger charge is -2.11. The Kier molecular flexibility index (Phi) is 5.15. The SMILES string of the molecule is COc1ccc(-n2nc(C(=O)Oc3ccc([N+](=O)[O-])cc3)c3ccccc3c2=O)cc1. The first kappa shape index (κ1) is 19.8. The number of nitrogens with zero attached hydrogens (tertiary/aromatic N) is 3. The molecule has 0 bridgehead atoms. The van der Waals surface area contributed by atoms with Gasteiger partial charge in [0, 0.05) is 17.5 Å². The predicted molar refractivity (Wildman–Crippen MR) is 112 cm³/mol. The first-order valence-corrected chi connectivity index (χ1v) is 9.11. The summed E-state index contributed by atoms with van der Waals surface area (Å²) in [6.45, 7) is 0. The molecule has 4 rings (SSSR count). The van der Waals surface area contributed by atoms with Crippen molar-refractivity contribution in [1.29, 1.82) is 0 Å². The van der Waals surface area contributed by atoms with E-state index in [-0.39, 0.29) is 17.1 Å². The minimum absolute atomic E-state index is 0.0654. The number of hydrogen-bond acceptors (Lipinski definition) is 7. The summed E-state index contributed by atoms with van der Waals surface area (Å²) in [5.74, 6) is -0.0774. The molecule has 4 aromatic rings. The second kappa shape index (κ2) is 8.07. The summed E-state index contributed by atoms with van der Waals surface area (Å²) < 4.78 is 11.6. The molecule has 3 aromatic carbocycles. The average Bonchev–Trinajstić information content (AvgIpc) is 2.80. The lowest BCUT2D eigenvalue weighted by Crippen LogP contribution is -2.25.